The SMILES string of the molecule is OCCN(Cc1cccnc1)c1nnc(-c2ccon2)s1. The Bertz CT molecular complexity index is 671. The molecule has 0 saturated carbocycles. The Morgan fingerprint density at radius 1 is 1.29 bits per heavy atom. The minimum Gasteiger partial charge on any atom is -0.395 e. The van der Waals surface area contributed by atoms with Crippen molar-refractivity contribution >= 4 is 16.5 Å². The number of hydrogen-bond acceptors (Lipinski definition) is 8. The molecule has 0 radical (unpaired) electrons. The summed E-state index contributed by atoms with van der Waals surface area (Å²) in [6, 6.07) is 5.60. The number of aliphatic hydroxyl groups excluding tert-OH is 1. The van der Waals surface area contributed by atoms with Gasteiger partial charge in [0.15, 0.2) is 5.01 Å². The molecular formula is C13H13N5O2S. The Labute approximate surface area is 124 Å². The van der Waals surface area contributed by atoms with Gasteiger partial charge in [0.2, 0.25) is 5.13 Å². The zero-order valence-corrected chi connectivity index (χ0v) is 11.9. The molecule has 0 bridgehead atoms. The first-order valence-corrected chi connectivity index (χ1v) is 7.17. The molecule has 3 rings (SSSR count). The van der Waals surface area contributed by atoms with E-state index in [1.807, 2.05) is 17.0 Å². The molecular weight excluding hydrogens is 290 g/mol. The molecule has 3 aromatic rings. The molecule has 0 atom stereocenters. The molecule has 0 saturated heterocycles. The molecule has 3 heterocycles. The standard InChI is InChI=1S/C13H13N5O2S/c19-6-5-18(9-10-2-1-4-14-8-10)13-16-15-12(21-13)11-3-7-20-17-11/h1-4,7-8,19H,5-6,9H2. The Hall–Kier alpha value is -2.32. The van der Waals surface area contributed by atoms with Gasteiger partial charge in [-0.25, -0.2) is 0 Å². The van der Waals surface area contributed by atoms with Gasteiger partial charge in [0.1, 0.15) is 12.0 Å². The van der Waals surface area contributed by atoms with Crippen molar-refractivity contribution in [3.05, 3.63) is 42.4 Å². The lowest BCUT2D eigenvalue weighted by Gasteiger charge is -2.19. The predicted molar refractivity (Wildman–Crippen MR) is 77.8 cm³/mol. The van der Waals surface area contributed by atoms with E-state index >= 15 is 0 Å². The molecule has 0 fully saturated rings. The van der Waals surface area contributed by atoms with Crippen LogP contribution in [0.25, 0.3) is 10.7 Å². The third-order valence-corrected chi connectivity index (χ3v) is 3.81. The molecule has 1 N–H and O–H groups in total. The van der Waals surface area contributed by atoms with E-state index in [0.717, 1.165) is 10.7 Å². The van der Waals surface area contributed by atoms with Crippen LogP contribution in [0, 0.1) is 0 Å². The highest BCUT2D eigenvalue weighted by Gasteiger charge is 2.15. The van der Waals surface area contributed by atoms with Crippen molar-refractivity contribution < 1.29 is 9.63 Å². The largest absolute Gasteiger partial charge is 0.395 e. The van der Waals surface area contributed by atoms with E-state index in [-0.39, 0.29) is 6.61 Å². The monoisotopic (exact) mass is 303 g/mol. The maximum Gasteiger partial charge on any atom is 0.209 e. The Morgan fingerprint density at radius 2 is 2.24 bits per heavy atom. The smallest absolute Gasteiger partial charge is 0.209 e. The molecule has 21 heavy (non-hydrogen) atoms. The second-order valence-corrected chi connectivity index (χ2v) is 5.24. The van der Waals surface area contributed by atoms with E-state index in [4.69, 9.17) is 4.52 Å². The number of pyridine rings is 1. The first kappa shape index (κ1) is 13.7. The molecule has 7 nitrogen and oxygen atoms in total. The van der Waals surface area contributed by atoms with Crippen LogP contribution in [-0.2, 0) is 6.54 Å². The van der Waals surface area contributed by atoms with Crippen LogP contribution in [0.1, 0.15) is 5.56 Å². The van der Waals surface area contributed by atoms with Crippen molar-refractivity contribution in [3.8, 4) is 10.7 Å². The molecule has 0 amide bonds. The highest BCUT2D eigenvalue weighted by molar-refractivity contribution is 7.18. The average Bonchev–Trinajstić information content (AvgIpc) is 3.19. The van der Waals surface area contributed by atoms with E-state index in [9.17, 15) is 5.11 Å². The zero-order valence-electron chi connectivity index (χ0n) is 11.1. The number of hydrogen-bond donors (Lipinski definition) is 1. The normalized spacial score (nSPS) is 10.7. The molecule has 0 spiro atoms. The van der Waals surface area contributed by atoms with Gasteiger partial charge in [0.25, 0.3) is 0 Å². The fourth-order valence-corrected chi connectivity index (χ4v) is 2.68. The summed E-state index contributed by atoms with van der Waals surface area (Å²) in [5.41, 5.74) is 1.70. The van der Waals surface area contributed by atoms with Gasteiger partial charge in [-0.05, 0) is 11.6 Å². The van der Waals surface area contributed by atoms with Gasteiger partial charge >= 0.3 is 0 Å². The van der Waals surface area contributed by atoms with Crippen LogP contribution in [-0.4, -0.2) is 38.6 Å². The molecule has 0 aliphatic rings. The van der Waals surface area contributed by atoms with Crippen molar-refractivity contribution in [1.29, 1.82) is 0 Å². The fraction of sp³-hybridized carbons (Fsp3) is 0.231. The van der Waals surface area contributed by atoms with Gasteiger partial charge in [0.05, 0.1) is 6.61 Å². The van der Waals surface area contributed by atoms with Crippen molar-refractivity contribution in [2.45, 2.75) is 6.54 Å². The fourth-order valence-electron chi connectivity index (χ4n) is 1.84. The van der Waals surface area contributed by atoms with Gasteiger partial charge in [0, 0.05) is 31.5 Å². The summed E-state index contributed by atoms with van der Waals surface area (Å²) >= 11 is 1.41. The Morgan fingerprint density at radius 3 is 2.95 bits per heavy atom. The number of aliphatic hydroxyl groups is 1. The minimum atomic E-state index is 0.0408. The molecule has 0 aliphatic carbocycles. The van der Waals surface area contributed by atoms with Gasteiger partial charge in [-0.1, -0.05) is 22.6 Å². The Kier molecular flexibility index (Phi) is 4.17. The lowest BCUT2D eigenvalue weighted by atomic mass is 10.3. The predicted octanol–water partition coefficient (Wildman–Crippen LogP) is 1.59. The first-order valence-electron chi connectivity index (χ1n) is 6.36. The summed E-state index contributed by atoms with van der Waals surface area (Å²) in [6.07, 6.45) is 5.02. The summed E-state index contributed by atoms with van der Waals surface area (Å²) in [5, 5.41) is 22.8. The lowest BCUT2D eigenvalue weighted by molar-refractivity contribution is 0.301. The van der Waals surface area contributed by atoms with Crippen LogP contribution in [0.3, 0.4) is 0 Å². The molecule has 0 aliphatic heterocycles. The van der Waals surface area contributed by atoms with Crippen molar-refractivity contribution in [1.82, 2.24) is 20.3 Å². The third-order valence-electron chi connectivity index (χ3n) is 2.81. The van der Waals surface area contributed by atoms with Crippen LogP contribution in [0.15, 0.2) is 41.4 Å². The number of rotatable bonds is 6. The summed E-state index contributed by atoms with van der Waals surface area (Å²) < 4.78 is 4.81. The quantitative estimate of drug-likeness (QED) is 0.739. The highest BCUT2D eigenvalue weighted by atomic mass is 32.1. The number of nitrogens with zero attached hydrogens (tertiary/aromatic N) is 5. The molecule has 8 heteroatoms. The minimum absolute atomic E-state index is 0.0408. The van der Waals surface area contributed by atoms with E-state index in [2.05, 4.69) is 20.3 Å². The Balaban J connectivity index is 1.81. The van der Waals surface area contributed by atoms with Crippen LogP contribution in [0.2, 0.25) is 0 Å². The summed E-state index contributed by atoms with van der Waals surface area (Å²) in [5.74, 6) is 0. The summed E-state index contributed by atoms with van der Waals surface area (Å²) in [4.78, 5) is 6.05. The van der Waals surface area contributed by atoms with Crippen molar-refractivity contribution in [2.75, 3.05) is 18.1 Å². The van der Waals surface area contributed by atoms with Gasteiger partial charge in [-0.15, -0.1) is 10.2 Å². The number of anilines is 1. The van der Waals surface area contributed by atoms with Crippen LogP contribution in [0.4, 0.5) is 5.13 Å². The van der Waals surface area contributed by atoms with Crippen LogP contribution in [0.5, 0.6) is 0 Å². The van der Waals surface area contributed by atoms with Gasteiger partial charge < -0.3 is 14.5 Å². The zero-order chi connectivity index (χ0) is 14.5. The second kappa shape index (κ2) is 6.42. The summed E-state index contributed by atoms with van der Waals surface area (Å²) in [7, 11) is 0. The van der Waals surface area contributed by atoms with Gasteiger partial charge in [-0.3, -0.25) is 4.98 Å². The van der Waals surface area contributed by atoms with E-state index in [1.54, 1.807) is 18.5 Å². The topological polar surface area (TPSA) is 88.2 Å². The number of aromatic nitrogens is 4. The van der Waals surface area contributed by atoms with Crippen molar-refractivity contribution in [3.63, 3.8) is 0 Å². The van der Waals surface area contributed by atoms with E-state index in [0.29, 0.717) is 23.8 Å². The molecule has 3 aromatic heterocycles. The van der Waals surface area contributed by atoms with E-state index < -0.39 is 0 Å². The lowest BCUT2D eigenvalue weighted by Crippen LogP contribution is -2.26. The molecule has 108 valence electrons. The first-order chi connectivity index (χ1) is 10.4. The summed E-state index contributed by atoms with van der Waals surface area (Å²) in [6.45, 7) is 1.13. The van der Waals surface area contributed by atoms with Crippen molar-refractivity contribution in [2.24, 2.45) is 0 Å². The average molecular weight is 303 g/mol. The van der Waals surface area contributed by atoms with Gasteiger partial charge in [-0.2, -0.15) is 0 Å². The second-order valence-electron chi connectivity index (χ2n) is 4.28. The molecule has 0 unspecified atom stereocenters. The van der Waals surface area contributed by atoms with E-state index in [1.165, 1.54) is 17.6 Å². The maximum absolute atomic E-state index is 9.24. The highest BCUT2D eigenvalue weighted by Crippen LogP contribution is 2.28. The van der Waals surface area contributed by atoms with Crippen LogP contribution < -0.4 is 4.90 Å². The maximum atomic E-state index is 9.24. The van der Waals surface area contributed by atoms with Crippen LogP contribution >= 0.6 is 11.3 Å². The third kappa shape index (κ3) is 3.23. The molecule has 0 aromatic carbocycles.